The van der Waals surface area contributed by atoms with E-state index in [0.29, 0.717) is 23.7 Å². The second-order valence-corrected chi connectivity index (χ2v) is 7.54. The third kappa shape index (κ3) is 4.18. The van der Waals surface area contributed by atoms with E-state index in [9.17, 15) is 9.18 Å². The number of amides is 1. The highest BCUT2D eigenvalue weighted by molar-refractivity contribution is 5.93. The van der Waals surface area contributed by atoms with Gasteiger partial charge in [-0.2, -0.15) is 20.1 Å². The van der Waals surface area contributed by atoms with Crippen molar-refractivity contribution in [2.75, 3.05) is 26.4 Å². The summed E-state index contributed by atoms with van der Waals surface area (Å²) in [5, 5.41) is 16.8. The number of cyclic esters (lactones) is 1. The quantitative estimate of drug-likeness (QED) is 0.632. The highest BCUT2D eigenvalue weighted by atomic mass is 19.1. The Labute approximate surface area is 177 Å². The minimum absolute atomic E-state index is 0.0582. The van der Waals surface area contributed by atoms with Gasteiger partial charge in [-0.15, -0.1) is 0 Å². The third-order valence-corrected chi connectivity index (χ3v) is 5.31. The molecule has 1 N–H and O–H groups in total. The fourth-order valence-electron chi connectivity index (χ4n) is 3.76. The monoisotopic (exact) mass is 430 g/mol. The van der Waals surface area contributed by atoms with E-state index in [1.54, 1.807) is 12.3 Å². The molecule has 0 spiro atoms. The minimum atomic E-state index is -1.37. The van der Waals surface area contributed by atoms with Gasteiger partial charge in [0.25, 0.3) is 0 Å². The van der Waals surface area contributed by atoms with Crippen LogP contribution in [0.4, 0.5) is 9.18 Å². The fraction of sp³-hybridized carbons (Fsp3) is 0.500. The number of alkyl carbamates (subject to hydrolysis) is 1. The lowest BCUT2D eigenvalue weighted by Crippen LogP contribution is -2.34. The van der Waals surface area contributed by atoms with Crippen LogP contribution in [0.2, 0.25) is 0 Å². The van der Waals surface area contributed by atoms with Crippen molar-refractivity contribution >= 4 is 17.0 Å². The molecule has 3 aromatic rings. The number of nitrogens with one attached hydrogen (secondary N) is 1. The Balaban J connectivity index is 1.56. The number of hydrogen-bond donors (Lipinski definition) is 1. The van der Waals surface area contributed by atoms with Gasteiger partial charge in [0.15, 0.2) is 12.4 Å². The first kappa shape index (κ1) is 19.7. The maximum atomic E-state index is 14.1. The molecule has 4 bridgehead atoms. The molecule has 2 atom stereocenters. The van der Waals surface area contributed by atoms with Gasteiger partial charge in [-0.25, -0.2) is 13.9 Å². The van der Waals surface area contributed by atoms with Crippen LogP contribution in [-0.2, 0) is 16.0 Å². The van der Waals surface area contributed by atoms with Gasteiger partial charge in [0, 0.05) is 12.0 Å². The van der Waals surface area contributed by atoms with Crippen LogP contribution >= 0.6 is 0 Å². The fourth-order valence-corrected chi connectivity index (χ4v) is 3.76. The first-order valence-electron chi connectivity index (χ1n) is 10.4. The van der Waals surface area contributed by atoms with E-state index in [4.69, 9.17) is 19.3 Å². The van der Waals surface area contributed by atoms with Gasteiger partial charge < -0.3 is 19.5 Å². The number of ether oxygens (including phenoxy) is 3. The molecule has 0 aliphatic carbocycles. The van der Waals surface area contributed by atoms with Crippen molar-refractivity contribution in [1.82, 2.24) is 30.1 Å². The Morgan fingerprint density at radius 1 is 1.16 bits per heavy atom. The molecule has 1 saturated heterocycles. The summed E-state index contributed by atoms with van der Waals surface area (Å²) in [5.41, 5.74) is 2.11. The molecule has 164 valence electrons. The molecule has 2 aliphatic heterocycles. The van der Waals surface area contributed by atoms with Crippen molar-refractivity contribution in [2.24, 2.45) is 0 Å². The maximum Gasteiger partial charge on any atom is 0.407 e. The summed E-state index contributed by atoms with van der Waals surface area (Å²) in [6, 6.07) is 5.51. The van der Waals surface area contributed by atoms with Crippen LogP contribution in [0.5, 0.6) is 5.75 Å². The lowest BCUT2D eigenvalue weighted by atomic mass is 10.1. The highest BCUT2D eigenvalue weighted by Crippen LogP contribution is 2.34. The molecule has 5 rings (SSSR count). The van der Waals surface area contributed by atoms with Crippen LogP contribution in [0.1, 0.15) is 25.5 Å². The smallest absolute Gasteiger partial charge is 0.407 e. The minimum Gasteiger partial charge on any atom is -0.490 e. The Morgan fingerprint density at radius 2 is 2.10 bits per heavy atom. The number of aromatic nitrogens is 5. The molecule has 11 heteroatoms. The summed E-state index contributed by atoms with van der Waals surface area (Å²) < 4.78 is 32.6. The molecule has 2 aliphatic rings. The van der Waals surface area contributed by atoms with E-state index in [1.165, 1.54) is 4.80 Å². The Hall–Kier alpha value is -3.21. The predicted molar refractivity (Wildman–Crippen MR) is 107 cm³/mol. The first-order chi connectivity index (χ1) is 15.2. The van der Waals surface area contributed by atoms with Crippen LogP contribution in [0, 0.1) is 0 Å². The number of nitrogens with zero attached hydrogens (tertiary/aromatic N) is 5. The lowest BCUT2D eigenvalue weighted by Gasteiger charge is -2.23. The summed E-state index contributed by atoms with van der Waals surface area (Å²) >= 11 is 0. The number of rotatable bonds is 1. The van der Waals surface area contributed by atoms with Crippen LogP contribution in [0.25, 0.3) is 22.3 Å². The van der Waals surface area contributed by atoms with Crippen molar-refractivity contribution in [2.45, 2.75) is 38.2 Å². The van der Waals surface area contributed by atoms with E-state index in [0.717, 1.165) is 30.2 Å². The van der Waals surface area contributed by atoms with Crippen LogP contribution in [0.3, 0.4) is 0 Å². The molecule has 31 heavy (non-hydrogen) atoms. The lowest BCUT2D eigenvalue weighted by molar-refractivity contribution is -0.0365. The summed E-state index contributed by atoms with van der Waals surface area (Å²) in [6.07, 6.45) is 2.39. The molecule has 0 radical (unpaired) electrons. The third-order valence-electron chi connectivity index (χ3n) is 5.31. The molecule has 2 aromatic heterocycles. The molecular weight excluding hydrogens is 407 g/mol. The van der Waals surface area contributed by atoms with E-state index >= 15 is 0 Å². The van der Waals surface area contributed by atoms with E-state index in [-0.39, 0.29) is 32.5 Å². The second kappa shape index (κ2) is 8.50. The van der Waals surface area contributed by atoms with E-state index < -0.39 is 12.3 Å². The van der Waals surface area contributed by atoms with Crippen molar-refractivity contribution in [3.05, 3.63) is 24.4 Å². The van der Waals surface area contributed by atoms with Crippen LogP contribution in [0.15, 0.2) is 24.4 Å². The summed E-state index contributed by atoms with van der Waals surface area (Å²) in [4.78, 5) is 13.1. The molecule has 1 fully saturated rings. The number of carbonyl (C=O) groups excluding carboxylic acids is 1. The number of fused-ring (bicyclic) bond motifs is 4. The van der Waals surface area contributed by atoms with Crippen molar-refractivity contribution in [1.29, 1.82) is 0 Å². The molecule has 0 saturated carbocycles. The Bertz CT molecular complexity index is 1080. The van der Waals surface area contributed by atoms with Gasteiger partial charge in [0.05, 0.1) is 24.8 Å². The van der Waals surface area contributed by atoms with Gasteiger partial charge >= 0.3 is 6.09 Å². The van der Waals surface area contributed by atoms with E-state index in [2.05, 4.69) is 15.5 Å². The molecule has 10 nitrogen and oxygen atoms in total. The SMILES string of the molecule is O=C1NC[C@@H](F)COc2ccc3c(c2)c(nn3C2CCCCO2)-c2cnn(n2)CCO1. The second-order valence-electron chi connectivity index (χ2n) is 7.54. The number of carbonyl (C=O) groups is 1. The number of benzene rings is 1. The van der Waals surface area contributed by atoms with Gasteiger partial charge in [0.1, 0.15) is 30.4 Å². The molecule has 4 heterocycles. The van der Waals surface area contributed by atoms with Crippen molar-refractivity contribution in [3.63, 3.8) is 0 Å². The topological polar surface area (TPSA) is 105 Å². The predicted octanol–water partition coefficient (Wildman–Crippen LogP) is 2.45. The van der Waals surface area contributed by atoms with Crippen molar-refractivity contribution < 1.29 is 23.4 Å². The highest BCUT2D eigenvalue weighted by Gasteiger charge is 2.23. The average Bonchev–Trinajstić information content (AvgIpc) is 3.40. The maximum absolute atomic E-state index is 14.1. The Morgan fingerprint density at radius 3 is 2.97 bits per heavy atom. The Kier molecular flexibility index (Phi) is 5.41. The summed E-state index contributed by atoms with van der Waals surface area (Å²) in [7, 11) is 0. The van der Waals surface area contributed by atoms with Gasteiger partial charge in [-0.05, 0) is 37.5 Å². The van der Waals surface area contributed by atoms with E-state index in [1.807, 2.05) is 16.8 Å². The molecule has 1 unspecified atom stereocenters. The van der Waals surface area contributed by atoms with Gasteiger partial charge in [-0.3, -0.25) is 0 Å². The van der Waals surface area contributed by atoms with Gasteiger partial charge in [-0.1, -0.05) is 0 Å². The van der Waals surface area contributed by atoms with Gasteiger partial charge in [0.2, 0.25) is 0 Å². The zero-order chi connectivity index (χ0) is 21.2. The summed E-state index contributed by atoms with van der Waals surface area (Å²) in [5.74, 6) is 0.502. The number of alkyl halides is 1. The zero-order valence-electron chi connectivity index (χ0n) is 16.9. The summed E-state index contributed by atoms with van der Waals surface area (Å²) in [6.45, 7) is 0.627. The molecule has 1 aromatic carbocycles. The van der Waals surface area contributed by atoms with Crippen molar-refractivity contribution in [3.8, 4) is 17.1 Å². The standard InChI is InChI=1S/C20H23FN6O4/c21-13-10-22-20(28)30-8-6-26-23-11-16(24-26)19-15-9-14(31-12-13)4-5-17(15)27(25-19)18-3-1-2-7-29-18/h4-5,9,11,13,18H,1-3,6-8,10,12H2,(H,22,28)/t13-,18?/m1/s1. The molecule has 1 amide bonds. The largest absolute Gasteiger partial charge is 0.490 e. The average molecular weight is 430 g/mol. The van der Waals surface area contributed by atoms with Crippen LogP contribution < -0.4 is 10.1 Å². The first-order valence-corrected chi connectivity index (χ1v) is 10.4. The molecular formula is C20H23FN6O4. The number of halogens is 1. The zero-order valence-corrected chi connectivity index (χ0v) is 16.9. The number of hydrogen-bond acceptors (Lipinski definition) is 7. The van der Waals surface area contributed by atoms with Crippen LogP contribution in [-0.4, -0.2) is 63.4 Å². The normalized spacial score (nSPS) is 22.7.